The molecule has 98 valence electrons. The first-order chi connectivity index (χ1) is 8.45. The van der Waals surface area contributed by atoms with Crippen LogP contribution in [0, 0.1) is 0 Å². The lowest BCUT2D eigenvalue weighted by atomic mass is 10.1. The van der Waals surface area contributed by atoms with Crippen molar-refractivity contribution in [2.24, 2.45) is 0 Å². The van der Waals surface area contributed by atoms with E-state index in [0.717, 1.165) is 5.56 Å². The summed E-state index contributed by atoms with van der Waals surface area (Å²) in [6.45, 7) is 3.03. The number of rotatable bonds is 4. The molecule has 0 radical (unpaired) electrons. The van der Waals surface area contributed by atoms with Gasteiger partial charge in [0.25, 0.3) is 0 Å². The molecule has 0 aliphatic rings. The van der Waals surface area contributed by atoms with E-state index in [-0.39, 0.29) is 11.6 Å². The highest BCUT2D eigenvalue weighted by Crippen LogP contribution is 2.08. The van der Waals surface area contributed by atoms with Gasteiger partial charge >= 0.3 is 12.0 Å². The summed E-state index contributed by atoms with van der Waals surface area (Å²) in [4.78, 5) is 25.7. The minimum absolute atomic E-state index is 0.0557. The number of amides is 2. The van der Waals surface area contributed by atoms with Crippen molar-refractivity contribution in [3.63, 3.8) is 0 Å². The molecule has 5 nitrogen and oxygen atoms in total. The van der Waals surface area contributed by atoms with E-state index >= 15 is 0 Å². The highest BCUT2D eigenvalue weighted by molar-refractivity contribution is 5.87. The standard InChI is InChI=1S/C13H18N2O3/c1-4-14(2)13(18)15(3)9-10-5-7-11(8-6-10)12(16)17/h5-8H,4,9H2,1-3H3,(H,16,17). The summed E-state index contributed by atoms with van der Waals surface area (Å²) in [6, 6.07) is 6.47. The fraction of sp³-hybridized carbons (Fsp3) is 0.385. The second kappa shape index (κ2) is 6.05. The SMILES string of the molecule is CCN(C)C(=O)N(C)Cc1ccc(C(=O)O)cc1. The molecule has 18 heavy (non-hydrogen) atoms. The van der Waals surface area contributed by atoms with Gasteiger partial charge in [0.15, 0.2) is 0 Å². The van der Waals surface area contributed by atoms with Gasteiger partial charge in [0, 0.05) is 27.2 Å². The summed E-state index contributed by atoms with van der Waals surface area (Å²) in [5.41, 5.74) is 1.15. The number of carbonyl (C=O) groups excluding carboxylic acids is 1. The van der Waals surface area contributed by atoms with Crippen LogP contribution < -0.4 is 0 Å². The molecule has 0 fully saturated rings. The van der Waals surface area contributed by atoms with Crippen molar-refractivity contribution in [1.29, 1.82) is 0 Å². The van der Waals surface area contributed by atoms with Crippen LogP contribution in [0.5, 0.6) is 0 Å². The maximum atomic E-state index is 11.8. The molecule has 1 N–H and O–H groups in total. The van der Waals surface area contributed by atoms with E-state index in [9.17, 15) is 9.59 Å². The van der Waals surface area contributed by atoms with Crippen LogP contribution in [0.25, 0.3) is 0 Å². The van der Waals surface area contributed by atoms with Gasteiger partial charge in [0.2, 0.25) is 0 Å². The smallest absolute Gasteiger partial charge is 0.335 e. The van der Waals surface area contributed by atoms with E-state index in [1.165, 1.54) is 0 Å². The Hall–Kier alpha value is -2.04. The van der Waals surface area contributed by atoms with Crippen molar-refractivity contribution >= 4 is 12.0 Å². The maximum absolute atomic E-state index is 11.8. The highest BCUT2D eigenvalue weighted by Gasteiger charge is 2.12. The molecule has 0 bridgehead atoms. The molecule has 0 spiro atoms. The number of carboxylic acids is 1. The molecular formula is C13H18N2O3. The van der Waals surface area contributed by atoms with E-state index in [2.05, 4.69) is 0 Å². The van der Waals surface area contributed by atoms with E-state index in [0.29, 0.717) is 13.1 Å². The second-order valence-corrected chi connectivity index (χ2v) is 4.15. The monoisotopic (exact) mass is 250 g/mol. The van der Waals surface area contributed by atoms with Gasteiger partial charge < -0.3 is 14.9 Å². The molecule has 0 aromatic heterocycles. The number of carboxylic acid groups (broad SMARTS) is 1. The average molecular weight is 250 g/mol. The zero-order valence-corrected chi connectivity index (χ0v) is 10.9. The third-order valence-electron chi connectivity index (χ3n) is 2.75. The number of hydrogen-bond acceptors (Lipinski definition) is 2. The van der Waals surface area contributed by atoms with Gasteiger partial charge in [-0.3, -0.25) is 0 Å². The Morgan fingerprint density at radius 2 is 1.67 bits per heavy atom. The number of benzene rings is 1. The predicted molar refractivity (Wildman–Crippen MR) is 68.6 cm³/mol. The molecule has 0 heterocycles. The fourth-order valence-corrected chi connectivity index (χ4v) is 1.52. The Morgan fingerprint density at radius 1 is 1.11 bits per heavy atom. The molecule has 0 unspecified atom stereocenters. The van der Waals surface area contributed by atoms with E-state index in [4.69, 9.17) is 5.11 Å². The summed E-state index contributed by atoms with van der Waals surface area (Å²) >= 11 is 0. The van der Waals surface area contributed by atoms with Crippen LogP contribution in [0.15, 0.2) is 24.3 Å². The van der Waals surface area contributed by atoms with Gasteiger partial charge in [-0.1, -0.05) is 12.1 Å². The first kappa shape index (κ1) is 14.0. The molecule has 1 aromatic carbocycles. The normalized spacial score (nSPS) is 9.94. The summed E-state index contributed by atoms with van der Waals surface area (Å²) in [6.07, 6.45) is 0. The van der Waals surface area contributed by atoms with Gasteiger partial charge in [0.1, 0.15) is 0 Å². The molecule has 0 saturated carbocycles. The Labute approximate surface area is 107 Å². The van der Waals surface area contributed by atoms with Crippen LogP contribution in [0.4, 0.5) is 4.79 Å². The highest BCUT2D eigenvalue weighted by atomic mass is 16.4. The Bertz CT molecular complexity index is 428. The molecule has 5 heteroatoms. The number of aromatic carboxylic acids is 1. The van der Waals surface area contributed by atoms with Crippen molar-refractivity contribution < 1.29 is 14.7 Å². The van der Waals surface area contributed by atoms with Gasteiger partial charge in [-0.2, -0.15) is 0 Å². The molecule has 1 rings (SSSR count). The second-order valence-electron chi connectivity index (χ2n) is 4.15. The molecular weight excluding hydrogens is 232 g/mol. The minimum Gasteiger partial charge on any atom is -0.478 e. The largest absolute Gasteiger partial charge is 0.478 e. The maximum Gasteiger partial charge on any atom is 0.335 e. The predicted octanol–water partition coefficient (Wildman–Crippen LogP) is 1.89. The number of nitrogens with zero attached hydrogens (tertiary/aromatic N) is 2. The third kappa shape index (κ3) is 3.48. The zero-order chi connectivity index (χ0) is 13.7. The van der Waals surface area contributed by atoms with E-state index < -0.39 is 5.97 Å². The number of hydrogen-bond donors (Lipinski definition) is 1. The quantitative estimate of drug-likeness (QED) is 0.887. The van der Waals surface area contributed by atoms with E-state index in [1.807, 2.05) is 6.92 Å². The lowest BCUT2D eigenvalue weighted by Gasteiger charge is -2.23. The number of urea groups is 1. The van der Waals surface area contributed by atoms with Crippen molar-refractivity contribution in [2.45, 2.75) is 13.5 Å². The van der Waals surface area contributed by atoms with Crippen molar-refractivity contribution in [3.05, 3.63) is 35.4 Å². The van der Waals surface area contributed by atoms with Crippen molar-refractivity contribution in [1.82, 2.24) is 9.80 Å². The van der Waals surface area contributed by atoms with Crippen LogP contribution in [-0.2, 0) is 6.54 Å². The van der Waals surface area contributed by atoms with Crippen LogP contribution in [-0.4, -0.2) is 47.5 Å². The Balaban J connectivity index is 2.67. The minimum atomic E-state index is -0.948. The Kier molecular flexibility index (Phi) is 4.71. The molecule has 1 aromatic rings. The van der Waals surface area contributed by atoms with Gasteiger partial charge in [-0.05, 0) is 24.6 Å². The van der Waals surface area contributed by atoms with Crippen molar-refractivity contribution in [2.75, 3.05) is 20.6 Å². The van der Waals surface area contributed by atoms with Gasteiger partial charge in [-0.15, -0.1) is 0 Å². The topological polar surface area (TPSA) is 60.9 Å². The molecule has 0 aliphatic carbocycles. The number of carbonyl (C=O) groups is 2. The summed E-state index contributed by atoms with van der Waals surface area (Å²) in [7, 11) is 3.46. The van der Waals surface area contributed by atoms with Crippen LogP contribution in [0.1, 0.15) is 22.8 Å². The summed E-state index contributed by atoms with van der Waals surface area (Å²) in [5.74, 6) is -0.948. The Morgan fingerprint density at radius 3 is 2.11 bits per heavy atom. The lowest BCUT2D eigenvalue weighted by molar-refractivity contribution is 0.0697. The van der Waals surface area contributed by atoms with Gasteiger partial charge in [-0.25, -0.2) is 9.59 Å². The van der Waals surface area contributed by atoms with Crippen LogP contribution in [0.3, 0.4) is 0 Å². The molecule has 0 saturated heterocycles. The third-order valence-corrected chi connectivity index (χ3v) is 2.75. The summed E-state index contributed by atoms with van der Waals surface area (Å²) in [5, 5.41) is 8.78. The molecule has 0 aliphatic heterocycles. The lowest BCUT2D eigenvalue weighted by Crippen LogP contribution is -2.38. The van der Waals surface area contributed by atoms with Crippen LogP contribution >= 0.6 is 0 Å². The summed E-state index contributed by atoms with van der Waals surface area (Å²) < 4.78 is 0. The molecule has 0 atom stereocenters. The average Bonchev–Trinajstić information content (AvgIpc) is 2.37. The molecule has 2 amide bonds. The van der Waals surface area contributed by atoms with E-state index in [1.54, 1.807) is 48.2 Å². The van der Waals surface area contributed by atoms with Crippen LogP contribution in [0.2, 0.25) is 0 Å². The van der Waals surface area contributed by atoms with Crippen molar-refractivity contribution in [3.8, 4) is 0 Å². The fourth-order valence-electron chi connectivity index (χ4n) is 1.52. The zero-order valence-electron chi connectivity index (χ0n) is 10.9. The van der Waals surface area contributed by atoms with Gasteiger partial charge in [0.05, 0.1) is 5.56 Å². The first-order valence-electron chi connectivity index (χ1n) is 5.74. The first-order valence-corrected chi connectivity index (χ1v) is 5.74.